The molecule has 5 heteroatoms. The van der Waals surface area contributed by atoms with Crippen LogP contribution in [0.2, 0.25) is 0 Å². The number of para-hydroxylation sites is 3. The summed E-state index contributed by atoms with van der Waals surface area (Å²) in [7, 11) is 0. The lowest BCUT2D eigenvalue weighted by Gasteiger charge is -2.21. The predicted molar refractivity (Wildman–Crippen MR) is 273 cm³/mol. The lowest BCUT2D eigenvalue weighted by atomic mass is 9.92. The Balaban J connectivity index is 1.10. The second-order valence-corrected chi connectivity index (χ2v) is 16.8. The van der Waals surface area contributed by atoms with Gasteiger partial charge in [0.25, 0.3) is 0 Å². The summed E-state index contributed by atoms with van der Waals surface area (Å²) < 4.78 is 4.81. The van der Waals surface area contributed by atoms with E-state index in [0.717, 1.165) is 72.4 Å². The smallest absolute Gasteiger partial charge is 0.164 e. The summed E-state index contributed by atoms with van der Waals surface area (Å²) in [4.78, 5) is 16.0. The topological polar surface area (TPSA) is 48.5 Å². The highest BCUT2D eigenvalue weighted by molar-refractivity contribution is 6.15. The summed E-state index contributed by atoms with van der Waals surface area (Å²) in [6, 6.07) is 84.1. The summed E-state index contributed by atoms with van der Waals surface area (Å²) in [6.07, 6.45) is 0. The van der Waals surface area contributed by atoms with Crippen molar-refractivity contribution in [1.29, 1.82) is 0 Å². The minimum Gasteiger partial charge on any atom is -0.309 e. The van der Waals surface area contributed by atoms with Crippen LogP contribution in [0.5, 0.6) is 0 Å². The molecule has 308 valence electrons. The Morgan fingerprint density at radius 1 is 0.258 bits per heavy atom. The van der Waals surface area contributed by atoms with Crippen molar-refractivity contribution in [2.75, 3.05) is 0 Å². The van der Waals surface area contributed by atoms with Gasteiger partial charge >= 0.3 is 0 Å². The Labute approximate surface area is 381 Å². The van der Waals surface area contributed by atoms with Gasteiger partial charge in [0.2, 0.25) is 0 Å². The predicted octanol–water partition coefficient (Wildman–Crippen LogP) is 15.6. The normalized spacial score (nSPS) is 11.6. The Hall–Kier alpha value is -8.93. The molecule has 0 amide bonds. The minimum atomic E-state index is 0.594. The van der Waals surface area contributed by atoms with Crippen LogP contribution in [-0.4, -0.2) is 24.1 Å². The van der Waals surface area contributed by atoms with Gasteiger partial charge in [0.05, 0.1) is 27.8 Å². The first-order chi connectivity index (χ1) is 32.7. The van der Waals surface area contributed by atoms with Crippen LogP contribution in [-0.2, 0) is 0 Å². The first-order valence-electron chi connectivity index (χ1n) is 22.4. The monoisotopic (exact) mass is 841 g/mol. The third-order valence-corrected chi connectivity index (χ3v) is 12.9. The van der Waals surface area contributed by atoms with Crippen LogP contribution in [0.1, 0.15) is 0 Å². The van der Waals surface area contributed by atoms with E-state index in [2.05, 4.69) is 228 Å². The SMILES string of the molecule is c1ccc(-c2nc(-c3cc(-c4ccccc4)c(-n4c5ccccc5c5cc6ccccc6cc54)c(-c4ccccc4)c3)nc(-c3ccc4c5ccccc5n(-c5ccccc5)c4c3)n2)cc1. The van der Waals surface area contributed by atoms with Gasteiger partial charge in [-0.2, -0.15) is 0 Å². The van der Waals surface area contributed by atoms with E-state index in [1.807, 2.05) is 18.2 Å². The van der Waals surface area contributed by atoms with Crippen molar-refractivity contribution in [2.24, 2.45) is 0 Å². The van der Waals surface area contributed by atoms with Crippen molar-refractivity contribution in [3.63, 3.8) is 0 Å². The van der Waals surface area contributed by atoms with Gasteiger partial charge in [-0.15, -0.1) is 0 Å². The average Bonchev–Trinajstić information content (AvgIpc) is 3.90. The average molecular weight is 842 g/mol. The number of benzene rings is 10. The molecule has 5 nitrogen and oxygen atoms in total. The molecule has 0 saturated heterocycles. The molecular weight excluding hydrogens is 803 g/mol. The molecule has 66 heavy (non-hydrogen) atoms. The standard InChI is InChI=1S/C61H39N5/c1-5-19-40(20-6-1)51-36-46(37-52(41-21-7-2-8-22-41)58(51)66-55-32-18-16-30-49(55)53-35-43-25-13-14-26-44(43)38-57(53)66)61-63-59(42-23-9-3-10-24-42)62-60(64-61)45-33-34-50-48-29-15-17-31-54(48)65(56(50)39-45)47-27-11-4-12-28-47/h1-39H. The summed E-state index contributed by atoms with van der Waals surface area (Å²) in [6.45, 7) is 0. The van der Waals surface area contributed by atoms with Crippen molar-refractivity contribution in [3.8, 4) is 67.8 Å². The van der Waals surface area contributed by atoms with Gasteiger partial charge in [-0.25, -0.2) is 15.0 Å². The maximum absolute atomic E-state index is 5.42. The first-order valence-corrected chi connectivity index (χ1v) is 22.4. The maximum atomic E-state index is 5.42. The molecule has 10 aromatic carbocycles. The lowest BCUT2D eigenvalue weighted by molar-refractivity contribution is 1.07. The van der Waals surface area contributed by atoms with Crippen LogP contribution < -0.4 is 0 Å². The fourth-order valence-corrected chi connectivity index (χ4v) is 9.89. The molecule has 0 aliphatic rings. The quantitative estimate of drug-likeness (QED) is 0.161. The van der Waals surface area contributed by atoms with E-state index in [9.17, 15) is 0 Å². The number of hydrogen-bond donors (Lipinski definition) is 0. The van der Waals surface area contributed by atoms with Crippen molar-refractivity contribution >= 4 is 54.4 Å². The molecule has 0 fully saturated rings. The first kappa shape index (κ1) is 37.6. The van der Waals surface area contributed by atoms with Gasteiger partial charge in [0.1, 0.15) is 0 Å². The number of nitrogens with zero attached hydrogens (tertiary/aromatic N) is 5. The van der Waals surface area contributed by atoms with E-state index in [0.29, 0.717) is 17.5 Å². The van der Waals surface area contributed by atoms with Crippen LogP contribution in [0, 0.1) is 0 Å². The fraction of sp³-hybridized carbons (Fsp3) is 0. The molecule has 0 unspecified atom stereocenters. The van der Waals surface area contributed by atoms with Crippen LogP contribution >= 0.6 is 0 Å². The highest BCUT2D eigenvalue weighted by Crippen LogP contribution is 2.45. The Morgan fingerprint density at radius 3 is 1.32 bits per heavy atom. The number of hydrogen-bond acceptors (Lipinski definition) is 3. The zero-order valence-corrected chi connectivity index (χ0v) is 35.8. The van der Waals surface area contributed by atoms with E-state index in [4.69, 9.17) is 15.0 Å². The second kappa shape index (κ2) is 15.4. The third kappa shape index (κ3) is 6.21. The molecule has 13 rings (SSSR count). The van der Waals surface area contributed by atoms with E-state index in [1.165, 1.54) is 32.3 Å². The zero-order chi connectivity index (χ0) is 43.6. The van der Waals surface area contributed by atoms with Gasteiger partial charge < -0.3 is 9.13 Å². The summed E-state index contributed by atoms with van der Waals surface area (Å²) in [5.74, 6) is 1.81. The van der Waals surface area contributed by atoms with E-state index >= 15 is 0 Å². The number of rotatable bonds is 7. The van der Waals surface area contributed by atoms with Crippen molar-refractivity contribution < 1.29 is 0 Å². The fourth-order valence-electron chi connectivity index (χ4n) is 9.89. The molecular formula is C61H39N5. The summed E-state index contributed by atoms with van der Waals surface area (Å²) >= 11 is 0. The van der Waals surface area contributed by atoms with Crippen LogP contribution in [0.25, 0.3) is 122 Å². The molecule has 3 heterocycles. The molecule has 0 bridgehead atoms. The van der Waals surface area contributed by atoms with Crippen LogP contribution in [0.15, 0.2) is 237 Å². The Bertz CT molecular complexity index is 3910. The molecule has 0 radical (unpaired) electrons. The Kier molecular flexibility index (Phi) is 8.78. The highest BCUT2D eigenvalue weighted by atomic mass is 15.0. The number of fused-ring (bicyclic) bond motifs is 7. The highest BCUT2D eigenvalue weighted by Gasteiger charge is 2.24. The van der Waals surface area contributed by atoms with Gasteiger partial charge in [-0.3, -0.25) is 0 Å². The molecule has 3 aromatic heterocycles. The summed E-state index contributed by atoms with van der Waals surface area (Å²) in [5.41, 5.74) is 13.8. The van der Waals surface area contributed by atoms with Gasteiger partial charge in [-0.05, 0) is 76.5 Å². The van der Waals surface area contributed by atoms with E-state index < -0.39 is 0 Å². The van der Waals surface area contributed by atoms with Gasteiger partial charge in [0.15, 0.2) is 17.5 Å². The molecule has 13 aromatic rings. The third-order valence-electron chi connectivity index (χ3n) is 12.9. The summed E-state index contributed by atoms with van der Waals surface area (Å²) in [5, 5.41) is 7.20. The molecule has 0 spiro atoms. The van der Waals surface area contributed by atoms with E-state index in [1.54, 1.807) is 0 Å². The molecule has 0 saturated carbocycles. The Morgan fingerprint density at radius 2 is 0.697 bits per heavy atom. The minimum absolute atomic E-state index is 0.594. The van der Waals surface area contributed by atoms with Gasteiger partial charge in [-0.1, -0.05) is 182 Å². The molecule has 0 atom stereocenters. The van der Waals surface area contributed by atoms with Crippen LogP contribution in [0.3, 0.4) is 0 Å². The van der Waals surface area contributed by atoms with E-state index in [-0.39, 0.29) is 0 Å². The molecule has 0 aliphatic carbocycles. The molecule has 0 aliphatic heterocycles. The van der Waals surface area contributed by atoms with Gasteiger partial charge in [0, 0.05) is 55.0 Å². The lowest BCUT2D eigenvalue weighted by Crippen LogP contribution is -2.04. The molecule has 0 N–H and O–H groups in total. The van der Waals surface area contributed by atoms with Crippen molar-refractivity contribution in [2.45, 2.75) is 0 Å². The number of aromatic nitrogens is 5. The second-order valence-electron chi connectivity index (χ2n) is 16.8. The zero-order valence-electron chi connectivity index (χ0n) is 35.8. The van der Waals surface area contributed by atoms with Crippen molar-refractivity contribution in [3.05, 3.63) is 237 Å². The van der Waals surface area contributed by atoms with Crippen LogP contribution in [0.4, 0.5) is 0 Å². The van der Waals surface area contributed by atoms with Crippen molar-refractivity contribution in [1.82, 2.24) is 24.1 Å². The maximum Gasteiger partial charge on any atom is 0.164 e. The largest absolute Gasteiger partial charge is 0.309 e.